The Morgan fingerprint density at radius 3 is 2.16 bits per heavy atom. The summed E-state index contributed by atoms with van der Waals surface area (Å²) in [4.78, 5) is 0. The number of unbranched alkanes of at least 4 members (excludes halogenated alkanes) is 2. The van der Waals surface area contributed by atoms with E-state index in [4.69, 9.17) is 4.55 Å². The van der Waals surface area contributed by atoms with E-state index in [-0.39, 0.29) is 11.5 Å². The van der Waals surface area contributed by atoms with Crippen molar-refractivity contribution in [3.05, 3.63) is 29.3 Å². The molecule has 1 aliphatic rings. The average molecular weight is 500 g/mol. The molecule has 0 aromatic heterocycles. The molecule has 1 aromatic carbocycles. The van der Waals surface area contributed by atoms with Gasteiger partial charge in [-0.25, -0.2) is 0 Å². The van der Waals surface area contributed by atoms with E-state index in [1.54, 1.807) is 12.1 Å². The molecule has 182 valence electrons. The average Bonchev–Trinajstić information content (AvgIpc) is 2.67. The zero-order valence-electron chi connectivity index (χ0n) is 17.9. The second-order valence-electron chi connectivity index (χ2n) is 7.80. The van der Waals surface area contributed by atoms with Gasteiger partial charge in [-0.15, -0.1) is 0 Å². The Morgan fingerprint density at radius 2 is 1.69 bits per heavy atom. The standard InChI is InChI=1S/C19H24F3NO3S.CH4O3S/c1-2-3-4-5-14-6-8-15(9-7-14)16-10-11-18(17(12-16)13-23)26-27(24,25)19(20,21)22;1-5(2,3)4/h10-12,14-15H,2-9H2,1H3;1H3,(H,2,3,4). The highest BCUT2D eigenvalue weighted by molar-refractivity contribution is 7.88. The smallest absolute Gasteiger partial charge is 0.375 e. The molecule has 1 saturated carbocycles. The molecule has 7 nitrogen and oxygen atoms in total. The summed E-state index contributed by atoms with van der Waals surface area (Å²) in [6.45, 7) is 2.18. The number of benzene rings is 1. The Hall–Kier alpha value is -1.84. The Labute approximate surface area is 187 Å². The number of nitriles is 1. The van der Waals surface area contributed by atoms with Gasteiger partial charge in [0, 0.05) is 0 Å². The molecule has 1 fully saturated rings. The first-order valence-corrected chi connectivity index (χ1v) is 13.4. The first-order chi connectivity index (χ1) is 14.7. The van der Waals surface area contributed by atoms with Gasteiger partial charge in [0.15, 0.2) is 5.75 Å². The number of rotatable bonds is 7. The fourth-order valence-corrected chi connectivity index (χ4v) is 4.07. The van der Waals surface area contributed by atoms with Crippen molar-refractivity contribution in [2.24, 2.45) is 5.92 Å². The van der Waals surface area contributed by atoms with Gasteiger partial charge in [0.25, 0.3) is 10.1 Å². The first-order valence-electron chi connectivity index (χ1n) is 10.1. The molecule has 1 aromatic rings. The summed E-state index contributed by atoms with van der Waals surface area (Å²) in [6, 6.07) is 5.89. The predicted molar refractivity (Wildman–Crippen MR) is 113 cm³/mol. The van der Waals surface area contributed by atoms with E-state index < -0.39 is 31.5 Å². The Kier molecular flexibility index (Phi) is 10.4. The minimum atomic E-state index is -5.79. The summed E-state index contributed by atoms with van der Waals surface area (Å²) >= 11 is 0. The van der Waals surface area contributed by atoms with Gasteiger partial charge in [-0.05, 0) is 55.2 Å². The normalized spacial score (nSPS) is 19.4. The molecule has 12 heteroatoms. The lowest BCUT2D eigenvalue weighted by Crippen LogP contribution is -2.28. The highest BCUT2D eigenvalue weighted by Gasteiger charge is 2.48. The maximum atomic E-state index is 12.5. The van der Waals surface area contributed by atoms with Gasteiger partial charge in [-0.3, -0.25) is 4.55 Å². The van der Waals surface area contributed by atoms with Crippen molar-refractivity contribution < 1.29 is 38.7 Å². The third-order valence-electron chi connectivity index (χ3n) is 5.14. The SMILES string of the molecule is CCCCCC1CCC(c2ccc(OS(=O)(=O)C(F)(F)F)c(C#N)c2)CC1.CS(=O)(=O)O. The lowest BCUT2D eigenvalue weighted by molar-refractivity contribution is -0.0500. The van der Waals surface area contributed by atoms with Crippen molar-refractivity contribution in [2.75, 3.05) is 6.26 Å². The van der Waals surface area contributed by atoms with Crippen molar-refractivity contribution in [1.82, 2.24) is 0 Å². The van der Waals surface area contributed by atoms with Crippen LogP contribution in [0.2, 0.25) is 0 Å². The molecule has 1 aliphatic carbocycles. The van der Waals surface area contributed by atoms with Crippen molar-refractivity contribution in [3.63, 3.8) is 0 Å². The minimum absolute atomic E-state index is 0.203. The monoisotopic (exact) mass is 499 g/mol. The van der Waals surface area contributed by atoms with Crippen LogP contribution < -0.4 is 4.18 Å². The fourth-order valence-electron chi connectivity index (χ4n) is 3.59. The zero-order chi connectivity index (χ0) is 24.6. The highest BCUT2D eigenvalue weighted by atomic mass is 32.2. The van der Waals surface area contributed by atoms with Crippen molar-refractivity contribution >= 4 is 20.2 Å². The van der Waals surface area contributed by atoms with Gasteiger partial charge in [-0.1, -0.05) is 38.7 Å². The molecule has 32 heavy (non-hydrogen) atoms. The first kappa shape index (κ1) is 28.2. The quantitative estimate of drug-likeness (QED) is 0.238. The molecule has 0 radical (unpaired) electrons. The summed E-state index contributed by atoms with van der Waals surface area (Å²) in [5, 5.41) is 9.20. The van der Waals surface area contributed by atoms with Crippen LogP contribution in [0.4, 0.5) is 13.2 Å². The van der Waals surface area contributed by atoms with E-state index in [1.165, 1.54) is 31.7 Å². The number of hydrogen-bond donors (Lipinski definition) is 1. The number of alkyl halides is 3. The predicted octanol–water partition coefficient (Wildman–Crippen LogP) is 5.14. The Bertz CT molecular complexity index is 985. The molecule has 0 saturated heterocycles. The molecule has 1 N–H and O–H groups in total. The highest BCUT2D eigenvalue weighted by Crippen LogP contribution is 2.39. The second-order valence-corrected chi connectivity index (χ2v) is 10.8. The largest absolute Gasteiger partial charge is 0.534 e. The molecule has 0 bridgehead atoms. The maximum absolute atomic E-state index is 12.5. The summed E-state index contributed by atoms with van der Waals surface area (Å²) in [5.74, 6) is 0.349. The van der Waals surface area contributed by atoms with E-state index >= 15 is 0 Å². The van der Waals surface area contributed by atoms with E-state index in [0.29, 0.717) is 12.2 Å². The van der Waals surface area contributed by atoms with E-state index in [0.717, 1.165) is 37.3 Å². The summed E-state index contributed by atoms with van der Waals surface area (Å²) < 4.78 is 89.8. The fraction of sp³-hybridized carbons (Fsp3) is 0.650. The third-order valence-corrected chi connectivity index (χ3v) is 6.11. The molecule has 0 aliphatic heterocycles. The lowest BCUT2D eigenvalue weighted by Gasteiger charge is -2.29. The molecule has 2 rings (SSSR count). The minimum Gasteiger partial charge on any atom is -0.375 e. The summed E-state index contributed by atoms with van der Waals surface area (Å²) in [7, 11) is -9.46. The molecule has 0 unspecified atom stereocenters. The van der Waals surface area contributed by atoms with Crippen LogP contribution >= 0.6 is 0 Å². The van der Waals surface area contributed by atoms with Crippen LogP contribution in [0.25, 0.3) is 0 Å². The molecular weight excluding hydrogens is 471 g/mol. The molecule has 0 heterocycles. The summed E-state index contributed by atoms with van der Waals surface area (Å²) in [5.41, 5.74) is -4.89. The molecule has 0 atom stereocenters. The van der Waals surface area contributed by atoms with E-state index in [1.807, 2.05) is 0 Å². The van der Waals surface area contributed by atoms with Gasteiger partial charge in [-0.2, -0.15) is 35.3 Å². The van der Waals surface area contributed by atoms with Crippen molar-refractivity contribution in [2.45, 2.75) is 69.7 Å². The lowest BCUT2D eigenvalue weighted by atomic mass is 9.77. The second kappa shape index (κ2) is 11.9. The molecule has 0 amide bonds. The van der Waals surface area contributed by atoms with E-state index in [2.05, 4.69) is 11.1 Å². The van der Waals surface area contributed by atoms with Crippen LogP contribution in [0, 0.1) is 17.2 Å². The number of halogens is 3. The maximum Gasteiger partial charge on any atom is 0.534 e. The van der Waals surface area contributed by atoms with Crippen molar-refractivity contribution in [1.29, 1.82) is 5.26 Å². The van der Waals surface area contributed by atoms with Crippen LogP contribution in [0.3, 0.4) is 0 Å². The number of hydrogen-bond acceptors (Lipinski definition) is 6. The summed E-state index contributed by atoms with van der Waals surface area (Å²) in [6.07, 6.45) is 9.74. The topological polar surface area (TPSA) is 122 Å². The van der Waals surface area contributed by atoms with E-state index in [9.17, 15) is 35.3 Å². The Morgan fingerprint density at radius 1 is 1.12 bits per heavy atom. The van der Waals surface area contributed by atoms with Gasteiger partial charge in [0.05, 0.1) is 11.8 Å². The van der Waals surface area contributed by atoms with Crippen molar-refractivity contribution in [3.8, 4) is 11.8 Å². The Balaban J connectivity index is 0.000000920. The molecular formula is C20H28F3NO6S2. The van der Waals surface area contributed by atoms with Gasteiger partial charge in [0.1, 0.15) is 6.07 Å². The van der Waals surface area contributed by atoms with Crippen LogP contribution in [0.1, 0.15) is 75.3 Å². The van der Waals surface area contributed by atoms with Gasteiger partial charge >= 0.3 is 15.6 Å². The number of nitrogens with zero attached hydrogens (tertiary/aromatic N) is 1. The van der Waals surface area contributed by atoms with Crippen LogP contribution in [0.5, 0.6) is 5.75 Å². The zero-order valence-corrected chi connectivity index (χ0v) is 19.6. The third kappa shape index (κ3) is 9.75. The van der Waals surface area contributed by atoms with Gasteiger partial charge < -0.3 is 4.18 Å². The van der Waals surface area contributed by atoms with Crippen LogP contribution in [-0.4, -0.2) is 33.2 Å². The van der Waals surface area contributed by atoms with Crippen LogP contribution in [-0.2, 0) is 20.2 Å². The van der Waals surface area contributed by atoms with Crippen LogP contribution in [0.15, 0.2) is 18.2 Å². The van der Waals surface area contributed by atoms with Gasteiger partial charge in [0.2, 0.25) is 0 Å². The molecule has 0 spiro atoms.